The first-order valence-corrected chi connectivity index (χ1v) is 4.06. The predicted octanol–water partition coefficient (Wildman–Crippen LogP) is -7.72. The molecule has 1 aromatic rings. The van der Waals surface area contributed by atoms with Crippen molar-refractivity contribution >= 4 is 11.9 Å². The topological polar surface area (TPSA) is 80.3 Å². The molecule has 0 saturated heterocycles. The zero-order valence-electron chi connectivity index (χ0n) is 9.36. The molecule has 0 aliphatic carbocycles. The average Bonchev–Trinajstić information content (AvgIpc) is 2.06. The minimum Gasteiger partial charge on any atom is -0.550 e. The van der Waals surface area contributed by atoms with Crippen LogP contribution < -0.4 is 69.3 Å². The number of carbonyl (C=O) groups is 2. The number of hydrogen-bond acceptors (Lipinski definition) is 4. The van der Waals surface area contributed by atoms with E-state index in [0.717, 1.165) is 0 Å². The number of hydrogen-bond donors (Lipinski definition) is 0. The van der Waals surface area contributed by atoms with Gasteiger partial charge in [0.05, 0.1) is 0 Å². The Kier molecular flexibility index (Phi) is 10.7. The molecule has 0 aliphatic rings. The second-order valence-electron chi connectivity index (χ2n) is 2.87. The van der Waals surface area contributed by atoms with Crippen LogP contribution in [-0.2, 0) is 22.4 Å². The molecule has 0 fully saturated rings. The Morgan fingerprint density at radius 3 is 1.44 bits per heavy atom. The molecule has 0 spiro atoms. The summed E-state index contributed by atoms with van der Waals surface area (Å²) in [6.07, 6.45) is -0.549. The quantitative estimate of drug-likeness (QED) is 0.488. The number of rotatable bonds is 4. The molecular formula is C10H8Na2O4. The molecule has 16 heavy (non-hydrogen) atoms. The predicted molar refractivity (Wildman–Crippen MR) is 43.9 cm³/mol. The van der Waals surface area contributed by atoms with E-state index in [2.05, 4.69) is 0 Å². The second-order valence-corrected chi connectivity index (χ2v) is 2.87. The summed E-state index contributed by atoms with van der Waals surface area (Å²) in [7, 11) is 0. The fourth-order valence-corrected chi connectivity index (χ4v) is 1.21. The molecule has 0 unspecified atom stereocenters. The summed E-state index contributed by atoms with van der Waals surface area (Å²) < 4.78 is 0. The van der Waals surface area contributed by atoms with Gasteiger partial charge in [0.1, 0.15) is 0 Å². The fraction of sp³-hybridized carbons (Fsp3) is 0.200. The van der Waals surface area contributed by atoms with Crippen LogP contribution in [0.4, 0.5) is 0 Å². The van der Waals surface area contributed by atoms with Crippen LogP contribution in [0.2, 0.25) is 0 Å². The van der Waals surface area contributed by atoms with Gasteiger partial charge in [-0.15, -0.1) is 0 Å². The number of carbonyl (C=O) groups excluding carboxylic acids is 2. The summed E-state index contributed by atoms with van der Waals surface area (Å²) in [6.45, 7) is 0. The molecule has 6 heteroatoms. The van der Waals surface area contributed by atoms with Gasteiger partial charge in [0, 0.05) is 24.8 Å². The normalized spacial score (nSPS) is 8.50. The van der Waals surface area contributed by atoms with E-state index in [1.807, 2.05) is 0 Å². The Morgan fingerprint density at radius 1 is 0.875 bits per heavy atom. The minimum absolute atomic E-state index is 0. The molecule has 0 saturated carbocycles. The maximum Gasteiger partial charge on any atom is 1.00 e. The number of benzene rings is 1. The van der Waals surface area contributed by atoms with Crippen molar-refractivity contribution in [2.45, 2.75) is 12.8 Å². The van der Waals surface area contributed by atoms with Gasteiger partial charge >= 0.3 is 59.1 Å². The van der Waals surface area contributed by atoms with Crippen LogP contribution in [0.15, 0.2) is 24.3 Å². The smallest absolute Gasteiger partial charge is 0.550 e. The average molecular weight is 238 g/mol. The van der Waals surface area contributed by atoms with Gasteiger partial charge in [-0.25, -0.2) is 0 Å². The van der Waals surface area contributed by atoms with E-state index in [1.54, 1.807) is 24.3 Å². The maximum atomic E-state index is 10.3. The Hall–Kier alpha value is 0.160. The zero-order chi connectivity index (χ0) is 10.6. The molecule has 0 radical (unpaired) electrons. The third kappa shape index (κ3) is 6.68. The molecule has 0 N–H and O–H groups in total. The minimum atomic E-state index is -1.23. The van der Waals surface area contributed by atoms with Gasteiger partial charge < -0.3 is 19.8 Å². The van der Waals surface area contributed by atoms with Gasteiger partial charge in [0.15, 0.2) is 0 Å². The number of carboxylic acids is 2. The van der Waals surface area contributed by atoms with Gasteiger partial charge in [-0.1, -0.05) is 24.3 Å². The van der Waals surface area contributed by atoms with E-state index >= 15 is 0 Å². The standard InChI is InChI=1S/C10H10O4.2Na/c11-9(12)5-7-3-1-2-4-8(7)6-10(13)14;;/h1-4H,5-6H2,(H,11,12)(H,13,14);;/q;2*+1/p-2. The monoisotopic (exact) mass is 238 g/mol. The summed E-state index contributed by atoms with van der Waals surface area (Å²) in [5, 5.41) is 20.7. The van der Waals surface area contributed by atoms with Crippen molar-refractivity contribution in [2.24, 2.45) is 0 Å². The summed E-state index contributed by atoms with van der Waals surface area (Å²) in [5.74, 6) is -2.45. The van der Waals surface area contributed by atoms with Gasteiger partial charge in [0.2, 0.25) is 0 Å². The van der Waals surface area contributed by atoms with Crippen LogP contribution >= 0.6 is 0 Å². The SMILES string of the molecule is O=C([O-])Cc1ccccc1CC(=O)[O-].[Na+].[Na+]. The Bertz CT molecular complexity index is 331. The first-order chi connectivity index (χ1) is 6.59. The summed E-state index contributed by atoms with van der Waals surface area (Å²) in [5.41, 5.74) is 0.911. The van der Waals surface area contributed by atoms with Crippen LogP contribution in [0, 0.1) is 0 Å². The summed E-state index contributed by atoms with van der Waals surface area (Å²) >= 11 is 0. The van der Waals surface area contributed by atoms with Crippen molar-refractivity contribution in [3.63, 3.8) is 0 Å². The molecule has 0 amide bonds. The van der Waals surface area contributed by atoms with Gasteiger partial charge in [0.25, 0.3) is 0 Å². The largest absolute Gasteiger partial charge is 1.00 e. The molecule has 0 aromatic heterocycles. The third-order valence-corrected chi connectivity index (χ3v) is 1.79. The molecule has 0 bridgehead atoms. The van der Waals surface area contributed by atoms with Crippen LogP contribution in [-0.4, -0.2) is 11.9 Å². The Balaban J connectivity index is 0. The van der Waals surface area contributed by atoms with Gasteiger partial charge in [-0.05, 0) is 11.1 Å². The molecule has 1 aromatic carbocycles. The van der Waals surface area contributed by atoms with E-state index in [0.29, 0.717) is 11.1 Å². The van der Waals surface area contributed by atoms with E-state index in [4.69, 9.17) is 0 Å². The maximum absolute atomic E-state index is 10.3. The molecular weight excluding hydrogens is 230 g/mol. The van der Waals surface area contributed by atoms with Crippen molar-refractivity contribution in [3.8, 4) is 0 Å². The molecule has 74 valence electrons. The summed E-state index contributed by atoms with van der Waals surface area (Å²) in [6, 6.07) is 6.43. The first-order valence-electron chi connectivity index (χ1n) is 4.06. The first kappa shape index (κ1) is 18.5. The van der Waals surface area contributed by atoms with Crippen molar-refractivity contribution < 1.29 is 78.9 Å². The van der Waals surface area contributed by atoms with Crippen molar-refractivity contribution in [1.29, 1.82) is 0 Å². The van der Waals surface area contributed by atoms with Crippen molar-refractivity contribution in [1.82, 2.24) is 0 Å². The molecule has 0 aliphatic heterocycles. The molecule has 1 rings (SSSR count). The zero-order valence-corrected chi connectivity index (χ0v) is 13.4. The Labute approximate surface area is 138 Å². The summed E-state index contributed by atoms with van der Waals surface area (Å²) in [4.78, 5) is 20.7. The third-order valence-electron chi connectivity index (χ3n) is 1.79. The van der Waals surface area contributed by atoms with E-state index in [1.165, 1.54) is 0 Å². The number of carboxylic acid groups (broad SMARTS) is 2. The van der Waals surface area contributed by atoms with E-state index in [-0.39, 0.29) is 72.0 Å². The van der Waals surface area contributed by atoms with Crippen LogP contribution in [0.5, 0.6) is 0 Å². The number of aliphatic carboxylic acids is 2. The van der Waals surface area contributed by atoms with E-state index < -0.39 is 11.9 Å². The van der Waals surface area contributed by atoms with Crippen molar-refractivity contribution in [2.75, 3.05) is 0 Å². The molecule has 4 nitrogen and oxygen atoms in total. The van der Waals surface area contributed by atoms with Crippen LogP contribution in [0.1, 0.15) is 11.1 Å². The van der Waals surface area contributed by atoms with E-state index in [9.17, 15) is 19.8 Å². The van der Waals surface area contributed by atoms with Crippen LogP contribution in [0.25, 0.3) is 0 Å². The van der Waals surface area contributed by atoms with Crippen LogP contribution in [0.3, 0.4) is 0 Å². The van der Waals surface area contributed by atoms with Gasteiger partial charge in [-0.3, -0.25) is 0 Å². The van der Waals surface area contributed by atoms with Crippen molar-refractivity contribution in [3.05, 3.63) is 35.4 Å². The fourth-order valence-electron chi connectivity index (χ4n) is 1.21. The molecule has 0 atom stereocenters. The van der Waals surface area contributed by atoms with Gasteiger partial charge in [-0.2, -0.15) is 0 Å². The molecule has 0 heterocycles. The Morgan fingerprint density at radius 2 is 1.19 bits per heavy atom. The second kappa shape index (κ2) is 9.22.